The second-order valence-electron chi connectivity index (χ2n) is 4.70. The molecule has 0 saturated heterocycles. The molecule has 0 heterocycles. The zero-order chi connectivity index (χ0) is 16.8. The van der Waals surface area contributed by atoms with E-state index >= 15 is 0 Å². The van der Waals surface area contributed by atoms with Crippen molar-refractivity contribution in [3.05, 3.63) is 0 Å². The van der Waals surface area contributed by atoms with Crippen LogP contribution in [0.5, 0.6) is 0 Å². The number of esters is 1. The summed E-state index contributed by atoms with van der Waals surface area (Å²) in [6.45, 7) is 8.94. The quantitative estimate of drug-likeness (QED) is 0.291. The molecule has 0 bridgehead atoms. The number of carbonyl (C=O) groups excluding carboxylic acids is 4. The van der Waals surface area contributed by atoms with E-state index in [4.69, 9.17) is 0 Å². The predicted octanol–water partition coefficient (Wildman–Crippen LogP) is 1.62. The van der Waals surface area contributed by atoms with Gasteiger partial charge in [0, 0.05) is 0 Å². The third kappa shape index (κ3) is 20.7. The van der Waals surface area contributed by atoms with Gasteiger partial charge in [0.15, 0.2) is 0 Å². The molecule has 0 N–H and O–H groups in total. The molecule has 0 rings (SSSR count). The number of Topliss-reactive ketones (excluding diaryl/α,β-unsaturated/α-hetero) is 2. The highest BCUT2D eigenvalue weighted by atomic mass is 17.2. The molecule has 0 radical (unpaired) electrons. The van der Waals surface area contributed by atoms with Crippen molar-refractivity contribution in [2.24, 2.45) is 5.92 Å². The van der Waals surface area contributed by atoms with Crippen LogP contribution in [0.15, 0.2) is 0 Å². The Bertz CT molecular complexity index is 347. The van der Waals surface area contributed by atoms with Crippen molar-refractivity contribution in [1.29, 1.82) is 0 Å². The van der Waals surface area contributed by atoms with E-state index in [1.54, 1.807) is 6.92 Å². The van der Waals surface area contributed by atoms with Gasteiger partial charge in [-0.3, -0.25) is 19.3 Å². The van der Waals surface area contributed by atoms with Crippen LogP contribution >= 0.6 is 0 Å². The smallest absolute Gasteiger partial charge is 0.349 e. The summed E-state index contributed by atoms with van der Waals surface area (Å²) in [4.78, 5) is 50.6. The van der Waals surface area contributed by atoms with Crippen molar-refractivity contribution in [1.82, 2.24) is 0 Å². The van der Waals surface area contributed by atoms with Crippen molar-refractivity contribution >= 4 is 23.5 Å². The fraction of sp³-hybridized carbons (Fsp3) is 0.714. The van der Waals surface area contributed by atoms with Gasteiger partial charge < -0.3 is 4.74 Å². The molecule has 21 heavy (non-hydrogen) atoms. The van der Waals surface area contributed by atoms with E-state index in [0.29, 0.717) is 19.1 Å². The first-order valence-electron chi connectivity index (χ1n) is 6.65. The van der Waals surface area contributed by atoms with Gasteiger partial charge in [0.2, 0.25) is 0 Å². The largest absolute Gasteiger partial charge is 0.466 e. The highest BCUT2D eigenvalue weighted by molar-refractivity contribution is 5.94. The van der Waals surface area contributed by atoms with Crippen LogP contribution in [-0.4, -0.2) is 36.7 Å². The predicted molar refractivity (Wildman–Crippen MR) is 74.1 cm³/mol. The van der Waals surface area contributed by atoms with Gasteiger partial charge in [0.1, 0.15) is 24.4 Å². The Balaban J connectivity index is 0. The van der Waals surface area contributed by atoms with Gasteiger partial charge in [-0.1, -0.05) is 13.8 Å². The molecule has 0 aromatic heterocycles. The van der Waals surface area contributed by atoms with Crippen molar-refractivity contribution in [2.75, 3.05) is 13.2 Å². The third-order valence-corrected chi connectivity index (χ3v) is 1.65. The highest BCUT2D eigenvalue weighted by Crippen LogP contribution is 1.95. The first kappa shape index (κ1) is 21.5. The van der Waals surface area contributed by atoms with Crippen LogP contribution in [0.1, 0.15) is 47.5 Å². The Morgan fingerprint density at radius 1 is 0.905 bits per heavy atom. The lowest BCUT2D eigenvalue weighted by Gasteiger charge is -2.04. The van der Waals surface area contributed by atoms with E-state index in [9.17, 15) is 19.2 Å². The standard InChI is InChI=1S/C8H14O4.C6H10O3/c1-6(2)5-11-12-8(10)4-7(3)9;1-3-9-6(8)4-5(2)7/h6H,4-5H2,1-3H3;3-4H2,1-2H3. The minimum Gasteiger partial charge on any atom is -0.466 e. The Morgan fingerprint density at radius 3 is 1.76 bits per heavy atom. The molecule has 0 atom stereocenters. The molecule has 122 valence electrons. The van der Waals surface area contributed by atoms with Crippen molar-refractivity contribution in [3.63, 3.8) is 0 Å². The number of ketones is 2. The molecular formula is C14H24O7. The van der Waals surface area contributed by atoms with Crippen molar-refractivity contribution in [3.8, 4) is 0 Å². The molecule has 0 unspecified atom stereocenters. The zero-order valence-electron chi connectivity index (χ0n) is 13.3. The van der Waals surface area contributed by atoms with Crippen LogP contribution in [0.25, 0.3) is 0 Å². The second-order valence-corrected chi connectivity index (χ2v) is 4.70. The molecule has 0 fully saturated rings. The van der Waals surface area contributed by atoms with Gasteiger partial charge in [-0.2, -0.15) is 4.89 Å². The van der Waals surface area contributed by atoms with Crippen LogP contribution < -0.4 is 0 Å². The number of hydrogen-bond donors (Lipinski definition) is 0. The fourth-order valence-corrected chi connectivity index (χ4v) is 0.884. The van der Waals surface area contributed by atoms with E-state index < -0.39 is 11.9 Å². The minimum atomic E-state index is -0.636. The van der Waals surface area contributed by atoms with Crippen LogP contribution in [0.2, 0.25) is 0 Å². The van der Waals surface area contributed by atoms with E-state index in [1.165, 1.54) is 13.8 Å². The summed E-state index contributed by atoms with van der Waals surface area (Å²) in [6.07, 6.45) is -0.327. The average Bonchev–Trinajstić information content (AvgIpc) is 2.27. The molecule has 0 aromatic carbocycles. The van der Waals surface area contributed by atoms with Crippen molar-refractivity contribution in [2.45, 2.75) is 47.5 Å². The van der Waals surface area contributed by atoms with Crippen LogP contribution in [0.3, 0.4) is 0 Å². The second kappa shape index (κ2) is 13.2. The summed E-state index contributed by atoms with van der Waals surface area (Å²) in [7, 11) is 0. The minimum absolute atomic E-state index is 0.103. The summed E-state index contributed by atoms with van der Waals surface area (Å²) in [6, 6.07) is 0. The van der Waals surface area contributed by atoms with Gasteiger partial charge in [-0.25, -0.2) is 4.79 Å². The summed E-state index contributed by atoms with van der Waals surface area (Å²) in [5.41, 5.74) is 0. The molecular weight excluding hydrogens is 280 g/mol. The SMILES string of the molecule is CC(=O)CC(=O)OOCC(C)C.CCOC(=O)CC(C)=O. The topological polar surface area (TPSA) is 96.0 Å². The molecule has 0 spiro atoms. The molecule has 7 nitrogen and oxygen atoms in total. The monoisotopic (exact) mass is 304 g/mol. The number of hydrogen-bond acceptors (Lipinski definition) is 7. The lowest BCUT2D eigenvalue weighted by molar-refractivity contribution is -0.276. The number of rotatable bonds is 8. The van der Waals surface area contributed by atoms with Crippen LogP contribution in [0, 0.1) is 5.92 Å². The van der Waals surface area contributed by atoms with E-state index in [1.807, 2.05) is 13.8 Å². The van der Waals surface area contributed by atoms with Crippen molar-refractivity contribution < 1.29 is 33.7 Å². The average molecular weight is 304 g/mol. The Labute approximate surface area is 124 Å². The van der Waals surface area contributed by atoms with Crippen LogP contribution in [-0.2, 0) is 33.7 Å². The Kier molecular flexibility index (Phi) is 13.6. The molecule has 0 aliphatic heterocycles. The molecule has 7 heteroatoms. The fourth-order valence-electron chi connectivity index (χ4n) is 0.884. The Morgan fingerprint density at radius 2 is 1.38 bits per heavy atom. The number of carbonyl (C=O) groups is 4. The van der Waals surface area contributed by atoms with Gasteiger partial charge in [-0.05, 0) is 26.7 Å². The van der Waals surface area contributed by atoms with E-state index in [0.717, 1.165) is 0 Å². The molecule has 0 saturated carbocycles. The first-order chi connectivity index (χ1) is 9.68. The summed E-state index contributed by atoms with van der Waals surface area (Å²) < 4.78 is 4.49. The number of ether oxygens (including phenoxy) is 1. The maximum absolute atomic E-state index is 10.7. The highest BCUT2D eigenvalue weighted by Gasteiger charge is 2.07. The van der Waals surface area contributed by atoms with E-state index in [2.05, 4.69) is 14.5 Å². The maximum Gasteiger partial charge on any atom is 0.349 e. The van der Waals surface area contributed by atoms with Crippen LogP contribution in [0.4, 0.5) is 0 Å². The first-order valence-corrected chi connectivity index (χ1v) is 6.65. The lowest BCUT2D eigenvalue weighted by atomic mass is 10.2. The van der Waals surface area contributed by atoms with Gasteiger partial charge in [0.05, 0.1) is 13.2 Å². The lowest BCUT2D eigenvalue weighted by Crippen LogP contribution is -2.11. The van der Waals surface area contributed by atoms with E-state index in [-0.39, 0.29) is 24.4 Å². The summed E-state index contributed by atoms with van der Waals surface area (Å²) >= 11 is 0. The molecule has 0 aliphatic rings. The zero-order valence-corrected chi connectivity index (χ0v) is 13.3. The van der Waals surface area contributed by atoms with Gasteiger partial charge in [-0.15, -0.1) is 0 Å². The normalized spacial score (nSPS) is 9.43. The van der Waals surface area contributed by atoms with Gasteiger partial charge in [0.25, 0.3) is 0 Å². The molecule has 0 aromatic rings. The maximum atomic E-state index is 10.7. The third-order valence-electron chi connectivity index (χ3n) is 1.65. The molecule has 0 amide bonds. The summed E-state index contributed by atoms with van der Waals surface area (Å²) in [5, 5.41) is 0. The van der Waals surface area contributed by atoms with Gasteiger partial charge >= 0.3 is 11.9 Å². The molecule has 0 aliphatic carbocycles. The Hall–Kier alpha value is -1.76. The summed E-state index contributed by atoms with van der Waals surface area (Å²) in [5.74, 6) is -1.16.